The van der Waals surface area contributed by atoms with E-state index in [1.807, 2.05) is 24.2 Å². The van der Waals surface area contributed by atoms with Gasteiger partial charge in [-0.3, -0.25) is 4.79 Å². The number of benzene rings is 2. The van der Waals surface area contributed by atoms with Gasteiger partial charge in [-0.05, 0) is 69.2 Å². The fourth-order valence-corrected chi connectivity index (χ4v) is 6.67. The Labute approximate surface area is 232 Å². The van der Waals surface area contributed by atoms with Gasteiger partial charge in [0.05, 0.1) is 31.1 Å². The maximum absolute atomic E-state index is 13.8. The lowest BCUT2D eigenvalue weighted by Crippen LogP contribution is -2.50. The summed E-state index contributed by atoms with van der Waals surface area (Å²) in [4.78, 5) is 15.9. The highest BCUT2D eigenvalue weighted by Gasteiger charge is 2.31. The number of piperazine rings is 1. The molecule has 9 heteroatoms. The number of anilines is 1. The summed E-state index contributed by atoms with van der Waals surface area (Å²) in [5.74, 6) is 0.854. The van der Waals surface area contributed by atoms with Gasteiger partial charge in [0.1, 0.15) is 10.9 Å². The van der Waals surface area contributed by atoms with Crippen LogP contribution in [0.15, 0.2) is 65.6 Å². The molecule has 2 fully saturated rings. The van der Waals surface area contributed by atoms with E-state index in [2.05, 4.69) is 40.3 Å². The third-order valence-electron chi connectivity index (χ3n) is 7.43. The van der Waals surface area contributed by atoms with Crippen molar-refractivity contribution in [3.63, 3.8) is 0 Å². The van der Waals surface area contributed by atoms with Crippen LogP contribution in [0.25, 0.3) is 5.69 Å². The van der Waals surface area contributed by atoms with Crippen molar-refractivity contribution < 1.29 is 9.29 Å². The molecule has 202 valence electrons. The Balaban J connectivity index is 1.39. The third-order valence-corrected chi connectivity index (χ3v) is 9.35. The number of ether oxygens (including phenoxy) is 1. The van der Waals surface area contributed by atoms with Crippen molar-refractivity contribution in [1.29, 1.82) is 0 Å². The van der Waals surface area contributed by atoms with Gasteiger partial charge >= 0.3 is 5.56 Å². The van der Waals surface area contributed by atoms with Crippen molar-refractivity contribution in [2.75, 3.05) is 31.1 Å². The predicted molar refractivity (Wildman–Crippen MR) is 154 cm³/mol. The first-order valence-electron chi connectivity index (χ1n) is 13.4. The molecule has 3 aromatic rings. The average Bonchev–Trinajstić information content (AvgIpc) is 2.94. The second kappa shape index (κ2) is 12.1. The van der Waals surface area contributed by atoms with Gasteiger partial charge in [0.15, 0.2) is 0 Å². The van der Waals surface area contributed by atoms with E-state index in [0.29, 0.717) is 54.2 Å². The first-order valence-corrected chi connectivity index (χ1v) is 15.0. The van der Waals surface area contributed by atoms with Crippen LogP contribution in [0.3, 0.4) is 0 Å². The summed E-state index contributed by atoms with van der Waals surface area (Å²) in [5.41, 5.74) is 2.39. The molecule has 2 heterocycles. The molecule has 7 nitrogen and oxygen atoms in total. The highest BCUT2D eigenvalue weighted by molar-refractivity contribution is 7.89. The highest BCUT2D eigenvalue weighted by Crippen LogP contribution is 2.36. The van der Waals surface area contributed by atoms with Gasteiger partial charge in [0, 0.05) is 29.5 Å². The minimum atomic E-state index is -1.01. The minimum absolute atomic E-state index is 0.0358. The van der Waals surface area contributed by atoms with Crippen LogP contribution in [0, 0.1) is 0 Å². The number of rotatable bonds is 7. The van der Waals surface area contributed by atoms with E-state index in [0.717, 1.165) is 25.7 Å². The molecule has 1 aromatic heterocycles. The molecule has 1 aliphatic heterocycles. The Kier molecular flexibility index (Phi) is 8.63. The summed E-state index contributed by atoms with van der Waals surface area (Å²) in [6.07, 6.45) is 5.51. The second-order valence-corrected chi connectivity index (χ2v) is 12.7. The molecule has 0 bridgehead atoms. The molecule has 2 aliphatic rings. The van der Waals surface area contributed by atoms with Gasteiger partial charge in [-0.25, -0.2) is 0 Å². The molecule has 2 aromatic carbocycles. The second-order valence-electron chi connectivity index (χ2n) is 10.3. The Hall–Kier alpha value is -2.52. The summed E-state index contributed by atoms with van der Waals surface area (Å²) >= 11 is 5.20. The first kappa shape index (κ1) is 27.1. The van der Waals surface area contributed by atoms with Gasteiger partial charge < -0.3 is 14.2 Å². The van der Waals surface area contributed by atoms with Gasteiger partial charge in [-0.1, -0.05) is 48.0 Å². The van der Waals surface area contributed by atoms with E-state index in [9.17, 15) is 9.35 Å². The topological polar surface area (TPSA) is 73.7 Å². The van der Waals surface area contributed by atoms with Crippen LogP contribution in [0.1, 0.15) is 51.0 Å². The summed E-state index contributed by atoms with van der Waals surface area (Å²) in [6, 6.07) is 17.7. The van der Waals surface area contributed by atoms with Crippen LogP contribution < -0.4 is 15.2 Å². The Morgan fingerprint density at radius 3 is 2.37 bits per heavy atom. The highest BCUT2D eigenvalue weighted by atomic mass is 35.5. The van der Waals surface area contributed by atoms with Crippen molar-refractivity contribution in [2.45, 2.75) is 56.8 Å². The fraction of sp³-hybridized carbons (Fsp3) is 0.448. The van der Waals surface area contributed by atoms with Gasteiger partial charge in [0.2, 0.25) is 5.75 Å². The molecule has 0 radical (unpaired) electrons. The zero-order chi connectivity index (χ0) is 26.6. The molecular weight excluding hydrogens is 520 g/mol. The van der Waals surface area contributed by atoms with E-state index < -0.39 is 11.4 Å². The molecule has 1 atom stereocenters. The SMILES string of the molecule is CC(C)[S+]([O-])N1CCN(c2cnn(-c3cccc(Cl)c3)c(=O)c2OC2CCC(c3ccccc3)CC2)CC1. The van der Waals surface area contributed by atoms with Gasteiger partial charge in [-0.2, -0.15) is 9.78 Å². The van der Waals surface area contributed by atoms with Crippen LogP contribution in [0.4, 0.5) is 5.69 Å². The summed E-state index contributed by atoms with van der Waals surface area (Å²) in [5, 5.41) is 5.12. The summed E-state index contributed by atoms with van der Waals surface area (Å²) in [7, 11) is 0. The van der Waals surface area contributed by atoms with E-state index in [4.69, 9.17) is 16.3 Å². The molecule has 1 saturated heterocycles. The minimum Gasteiger partial charge on any atom is -0.598 e. The molecule has 5 rings (SSSR count). The zero-order valence-electron chi connectivity index (χ0n) is 22.0. The maximum atomic E-state index is 13.8. The fourth-order valence-electron chi connectivity index (χ4n) is 5.37. The normalized spacial score (nSPS) is 21.4. The molecule has 1 aliphatic carbocycles. The smallest absolute Gasteiger partial charge is 0.316 e. The van der Waals surface area contributed by atoms with Crippen molar-refractivity contribution in [1.82, 2.24) is 14.1 Å². The molecule has 1 saturated carbocycles. The molecule has 0 spiro atoms. The van der Waals surface area contributed by atoms with Crippen molar-refractivity contribution in [3.8, 4) is 11.4 Å². The zero-order valence-corrected chi connectivity index (χ0v) is 23.5. The lowest BCUT2D eigenvalue weighted by atomic mass is 9.83. The quantitative estimate of drug-likeness (QED) is 0.374. The molecular formula is C29H35ClN4O3S. The summed E-state index contributed by atoms with van der Waals surface area (Å²) < 4.78 is 22.5. The van der Waals surface area contributed by atoms with Crippen LogP contribution >= 0.6 is 11.6 Å². The van der Waals surface area contributed by atoms with Gasteiger partial charge in [0.25, 0.3) is 0 Å². The predicted octanol–water partition coefficient (Wildman–Crippen LogP) is 5.19. The van der Waals surface area contributed by atoms with Crippen LogP contribution in [-0.4, -0.2) is 56.2 Å². The largest absolute Gasteiger partial charge is 0.598 e. The van der Waals surface area contributed by atoms with Crippen molar-refractivity contribution >= 4 is 28.7 Å². The maximum Gasteiger partial charge on any atom is 0.316 e. The lowest BCUT2D eigenvalue weighted by Gasteiger charge is -2.37. The third kappa shape index (κ3) is 6.04. The monoisotopic (exact) mass is 554 g/mol. The molecule has 0 N–H and O–H groups in total. The number of nitrogens with zero attached hydrogens (tertiary/aromatic N) is 4. The standard InChI is InChI=1S/C29H35ClN4O3S/c1-21(2)38(36)33-17-15-32(16-18-33)27-20-31-34(25-10-6-9-24(30)19-25)29(35)28(27)37-26-13-11-23(12-14-26)22-7-4-3-5-8-22/h3-10,19-21,23,26H,11-18H2,1-2H3. The van der Waals surface area contributed by atoms with Crippen LogP contribution in [-0.2, 0) is 11.4 Å². The Morgan fingerprint density at radius 2 is 1.71 bits per heavy atom. The lowest BCUT2D eigenvalue weighted by molar-refractivity contribution is 0.144. The van der Waals surface area contributed by atoms with E-state index in [1.165, 1.54) is 10.2 Å². The molecule has 1 unspecified atom stereocenters. The number of hydrogen-bond acceptors (Lipinski definition) is 6. The Morgan fingerprint density at radius 1 is 1.00 bits per heavy atom. The summed E-state index contributed by atoms with van der Waals surface area (Å²) in [6.45, 7) is 6.56. The number of hydrogen-bond donors (Lipinski definition) is 0. The van der Waals surface area contributed by atoms with E-state index in [1.54, 1.807) is 24.4 Å². The number of aromatic nitrogens is 2. The first-order chi connectivity index (χ1) is 18.4. The number of halogens is 1. The molecule has 0 amide bonds. The average molecular weight is 555 g/mol. The van der Waals surface area contributed by atoms with Crippen LogP contribution in [0.5, 0.6) is 5.75 Å². The van der Waals surface area contributed by atoms with Gasteiger partial charge in [-0.15, -0.1) is 4.31 Å². The van der Waals surface area contributed by atoms with Crippen molar-refractivity contribution in [3.05, 3.63) is 81.7 Å². The molecule has 38 heavy (non-hydrogen) atoms. The van der Waals surface area contributed by atoms with Crippen LogP contribution in [0.2, 0.25) is 5.02 Å². The van der Waals surface area contributed by atoms with E-state index in [-0.39, 0.29) is 16.9 Å². The van der Waals surface area contributed by atoms with Crippen molar-refractivity contribution in [2.24, 2.45) is 0 Å². The van der Waals surface area contributed by atoms with E-state index >= 15 is 0 Å². The Bertz CT molecular complexity index is 1270.